The van der Waals surface area contributed by atoms with Crippen molar-refractivity contribution in [1.29, 1.82) is 0 Å². The molecule has 1 heterocycles. The molecule has 4 nitrogen and oxygen atoms in total. The Hall–Kier alpha value is -3.03. The number of ether oxygens (including phenoxy) is 1. The summed E-state index contributed by atoms with van der Waals surface area (Å²) in [5.74, 6) is -2.14. The average Bonchev–Trinajstić information content (AvgIpc) is 2.83. The Labute approximate surface area is 138 Å². The Bertz CT molecular complexity index is 947. The molecule has 0 aliphatic heterocycles. The first-order chi connectivity index (χ1) is 11.7. The molecule has 0 fully saturated rings. The molecule has 0 amide bonds. The van der Waals surface area contributed by atoms with Crippen LogP contribution in [0.3, 0.4) is 0 Å². The Morgan fingerprint density at radius 3 is 2.56 bits per heavy atom. The van der Waals surface area contributed by atoms with Crippen LogP contribution in [0.5, 0.6) is 5.75 Å². The summed E-state index contributed by atoms with van der Waals surface area (Å²) in [5.41, 5.74) is 1.40. The smallest absolute Gasteiger partial charge is 0.481 e. The van der Waals surface area contributed by atoms with Crippen molar-refractivity contribution >= 4 is 16.9 Å². The van der Waals surface area contributed by atoms with Gasteiger partial charge in [-0.3, -0.25) is 4.79 Å². The standard InChI is InChI=1S/C17H11F4NO3/c18-10-3-1-2-9(6-10)16-13(8-15(23)24)12-7-11(25-17(19,20)21)4-5-14(12)22-16/h1-7,22H,8H2,(H,23,24). The summed E-state index contributed by atoms with van der Waals surface area (Å²) in [5, 5.41) is 9.39. The van der Waals surface area contributed by atoms with Gasteiger partial charge in [0.15, 0.2) is 0 Å². The fourth-order valence-electron chi connectivity index (χ4n) is 2.65. The zero-order valence-electron chi connectivity index (χ0n) is 12.5. The highest BCUT2D eigenvalue weighted by Gasteiger charge is 2.31. The fraction of sp³-hybridized carbons (Fsp3) is 0.118. The number of nitrogens with one attached hydrogen (secondary N) is 1. The molecule has 8 heteroatoms. The lowest BCUT2D eigenvalue weighted by atomic mass is 10.0. The number of aliphatic carboxylic acids is 1. The molecule has 3 rings (SSSR count). The Morgan fingerprint density at radius 1 is 1.16 bits per heavy atom. The summed E-state index contributed by atoms with van der Waals surface area (Å²) < 4.78 is 54.6. The molecule has 130 valence electrons. The maximum absolute atomic E-state index is 13.5. The number of aromatic amines is 1. The van der Waals surface area contributed by atoms with Crippen molar-refractivity contribution < 1.29 is 32.2 Å². The normalized spacial score (nSPS) is 11.7. The van der Waals surface area contributed by atoms with E-state index in [-0.39, 0.29) is 10.9 Å². The van der Waals surface area contributed by atoms with Gasteiger partial charge in [0.2, 0.25) is 0 Å². The van der Waals surface area contributed by atoms with Gasteiger partial charge in [0.1, 0.15) is 11.6 Å². The van der Waals surface area contributed by atoms with Gasteiger partial charge in [-0.15, -0.1) is 13.2 Å². The Morgan fingerprint density at radius 2 is 1.92 bits per heavy atom. The maximum atomic E-state index is 13.5. The lowest BCUT2D eigenvalue weighted by molar-refractivity contribution is -0.274. The van der Waals surface area contributed by atoms with Crippen LogP contribution in [0.2, 0.25) is 0 Å². The molecule has 2 N–H and O–H groups in total. The largest absolute Gasteiger partial charge is 0.573 e. The monoisotopic (exact) mass is 353 g/mol. The minimum absolute atomic E-state index is 0.251. The third kappa shape index (κ3) is 3.73. The summed E-state index contributed by atoms with van der Waals surface area (Å²) in [6.45, 7) is 0. The number of hydrogen-bond donors (Lipinski definition) is 2. The minimum atomic E-state index is -4.86. The molecule has 25 heavy (non-hydrogen) atoms. The zero-order chi connectivity index (χ0) is 18.2. The lowest BCUT2D eigenvalue weighted by Gasteiger charge is -2.09. The predicted molar refractivity (Wildman–Crippen MR) is 81.7 cm³/mol. The van der Waals surface area contributed by atoms with Gasteiger partial charge >= 0.3 is 12.3 Å². The second-order valence-corrected chi connectivity index (χ2v) is 5.31. The van der Waals surface area contributed by atoms with Gasteiger partial charge in [0.05, 0.1) is 12.1 Å². The molecule has 0 radical (unpaired) electrons. The number of halogens is 4. The third-order valence-electron chi connectivity index (χ3n) is 3.55. The van der Waals surface area contributed by atoms with Crippen LogP contribution in [-0.2, 0) is 11.2 Å². The SMILES string of the molecule is O=C(O)Cc1c(-c2cccc(F)c2)[nH]c2ccc(OC(F)(F)F)cc12. The van der Waals surface area contributed by atoms with Crippen molar-refractivity contribution in [3.63, 3.8) is 0 Å². The van der Waals surface area contributed by atoms with Crippen LogP contribution in [-0.4, -0.2) is 22.4 Å². The van der Waals surface area contributed by atoms with Crippen molar-refractivity contribution in [1.82, 2.24) is 4.98 Å². The summed E-state index contributed by atoms with van der Waals surface area (Å²) in [6.07, 6.45) is -5.30. The molecule has 0 unspecified atom stereocenters. The average molecular weight is 353 g/mol. The van der Waals surface area contributed by atoms with Crippen LogP contribution < -0.4 is 4.74 Å². The van der Waals surface area contributed by atoms with Crippen molar-refractivity contribution in [2.45, 2.75) is 12.8 Å². The number of carboxylic acid groups (broad SMARTS) is 1. The molecule has 0 atom stereocenters. The van der Waals surface area contributed by atoms with E-state index in [0.717, 1.165) is 12.1 Å². The van der Waals surface area contributed by atoms with Crippen LogP contribution in [0.15, 0.2) is 42.5 Å². The number of H-pyrrole nitrogens is 1. The first-order valence-corrected chi connectivity index (χ1v) is 7.11. The summed E-state index contributed by atoms with van der Waals surface area (Å²) >= 11 is 0. The number of fused-ring (bicyclic) bond motifs is 1. The minimum Gasteiger partial charge on any atom is -0.481 e. The topological polar surface area (TPSA) is 62.3 Å². The Kier molecular flexibility index (Phi) is 4.12. The maximum Gasteiger partial charge on any atom is 0.573 e. The zero-order valence-corrected chi connectivity index (χ0v) is 12.5. The van der Waals surface area contributed by atoms with E-state index in [4.69, 9.17) is 5.11 Å². The van der Waals surface area contributed by atoms with Crippen molar-refractivity contribution in [2.24, 2.45) is 0 Å². The van der Waals surface area contributed by atoms with Gasteiger partial charge in [-0.1, -0.05) is 12.1 Å². The van der Waals surface area contributed by atoms with Crippen LogP contribution in [0, 0.1) is 5.82 Å². The van der Waals surface area contributed by atoms with E-state index in [1.165, 1.54) is 24.3 Å². The number of hydrogen-bond acceptors (Lipinski definition) is 2. The molecule has 0 spiro atoms. The molecular weight excluding hydrogens is 342 g/mol. The highest BCUT2D eigenvalue weighted by atomic mass is 19.4. The van der Waals surface area contributed by atoms with Gasteiger partial charge in [0.25, 0.3) is 0 Å². The van der Waals surface area contributed by atoms with Crippen LogP contribution in [0.25, 0.3) is 22.2 Å². The van der Waals surface area contributed by atoms with E-state index < -0.39 is 30.3 Å². The van der Waals surface area contributed by atoms with E-state index in [2.05, 4.69) is 9.72 Å². The van der Waals surface area contributed by atoms with E-state index in [1.54, 1.807) is 6.07 Å². The van der Waals surface area contributed by atoms with E-state index in [9.17, 15) is 22.4 Å². The molecule has 3 aromatic rings. The molecule has 1 aromatic heterocycles. The van der Waals surface area contributed by atoms with E-state index in [1.807, 2.05) is 0 Å². The number of benzene rings is 2. The quantitative estimate of drug-likeness (QED) is 0.679. The van der Waals surface area contributed by atoms with Gasteiger partial charge in [-0.25, -0.2) is 4.39 Å². The molecule has 0 aliphatic rings. The highest BCUT2D eigenvalue weighted by Crippen LogP contribution is 2.34. The predicted octanol–water partition coefficient (Wildman–Crippen LogP) is 4.50. The van der Waals surface area contributed by atoms with Crippen molar-refractivity contribution in [3.8, 4) is 17.0 Å². The second kappa shape index (κ2) is 6.12. The number of aromatic nitrogens is 1. The van der Waals surface area contributed by atoms with Crippen molar-refractivity contribution in [2.75, 3.05) is 0 Å². The van der Waals surface area contributed by atoms with E-state index >= 15 is 0 Å². The number of carboxylic acids is 1. The van der Waals surface area contributed by atoms with E-state index in [0.29, 0.717) is 16.8 Å². The van der Waals surface area contributed by atoms with Crippen molar-refractivity contribution in [3.05, 3.63) is 53.8 Å². The number of carbonyl (C=O) groups is 1. The number of alkyl halides is 3. The summed E-state index contributed by atoms with van der Waals surface area (Å²) in [6, 6.07) is 9.06. The lowest BCUT2D eigenvalue weighted by Crippen LogP contribution is -2.17. The third-order valence-corrected chi connectivity index (χ3v) is 3.55. The van der Waals surface area contributed by atoms with Gasteiger partial charge < -0.3 is 14.8 Å². The Balaban J connectivity index is 2.18. The first-order valence-electron chi connectivity index (χ1n) is 7.11. The molecule has 0 aliphatic carbocycles. The van der Waals surface area contributed by atoms with Gasteiger partial charge in [0, 0.05) is 16.5 Å². The molecule has 0 saturated carbocycles. The van der Waals surface area contributed by atoms with Gasteiger partial charge in [-0.2, -0.15) is 0 Å². The molecule has 2 aromatic carbocycles. The molecule has 0 saturated heterocycles. The molecular formula is C17H11F4NO3. The summed E-state index contributed by atoms with van der Waals surface area (Å²) in [4.78, 5) is 14.1. The molecule has 0 bridgehead atoms. The van der Waals surface area contributed by atoms with Crippen LogP contribution in [0.1, 0.15) is 5.56 Å². The second-order valence-electron chi connectivity index (χ2n) is 5.31. The van der Waals surface area contributed by atoms with Crippen LogP contribution >= 0.6 is 0 Å². The number of rotatable bonds is 4. The highest BCUT2D eigenvalue weighted by molar-refractivity contribution is 5.94. The summed E-state index contributed by atoms with van der Waals surface area (Å²) in [7, 11) is 0. The van der Waals surface area contributed by atoms with Crippen LogP contribution in [0.4, 0.5) is 17.6 Å². The fourth-order valence-corrected chi connectivity index (χ4v) is 2.65. The first kappa shape index (κ1) is 16.8. The van der Waals surface area contributed by atoms with Gasteiger partial charge in [-0.05, 0) is 35.9 Å².